The highest BCUT2D eigenvalue weighted by molar-refractivity contribution is 5.77. The van der Waals surface area contributed by atoms with E-state index in [1.165, 1.54) is 71.3 Å². The summed E-state index contributed by atoms with van der Waals surface area (Å²) in [5.41, 5.74) is 1.02. The molecule has 0 bridgehead atoms. The molecule has 0 aromatic heterocycles. The Balaban J connectivity index is 1.40. The Morgan fingerprint density at radius 1 is 0.944 bits per heavy atom. The fraction of sp³-hybridized carbons (Fsp3) is 0.938. The number of rotatable bonds is 9. The molecule has 1 N–H and O–H groups in total. The average molecular weight is 502 g/mol. The molecule has 0 aromatic carbocycles. The van der Waals surface area contributed by atoms with Gasteiger partial charge in [0.05, 0.1) is 13.5 Å². The van der Waals surface area contributed by atoms with Gasteiger partial charge in [0.2, 0.25) is 5.91 Å². The minimum atomic E-state index is -0.268. The summed E-state index contributed by atoms with van der Waals surface area (Å²) in [5, 5.41) is 2.91. The normalized spacial score (nSPS) is 42.6. The average Bonchev–Trinajstić information content (AvgIpc) is 3.23. The van der Waals surface area contributed by atoms with Crippen molar-refractivity contribution in [3.05, 3.63) is 0 Å². The third kappa shape index (κ3) is 5.13. The van der Waals surface area contributed by atoms with Gasteiger partial charge in [-0.3, -0.25) is 9.59 Å². The molecule has 0 saturated heterocycles. The molecular weight excluding hydrogens is 446 g/mol. The largest absolute Gasteiger partial charge is 0.469 e. The zero-order valence-electron chi connectivity index (χ0n) is 24.2. The SMILES string of the molecule is CCC1CCC2(C)C(C1)CC(CC)C1C2CCC2(C)C(C(C)CCC(=O)NCCC(=O)OC)CCC12. The van der Waals surface area contributed by atoms with Crippen LogP contribution in [0.3, 0.4) is 0 Å². The molecule has 10 atom stereocenters. The first-order valence-corrected chi connectivity index (χ1v) is 15.5. The van der Waals surface area contributed by atoms with Crippen molar-refractivity contribution in [2.45, 2.75) is 118 Å². The Morgan fingerprint density at radius 2 is 1.67 bits per heavy atom. The summed E-state index contributed by atoms with van der Waals surface area (Å²) in [6, 6.07) is 0. The smallest absolute Gasteiger partial charge is 0.307 e. The molecule has 0 aliphatic heterocycles. The first kappa shape index (κ1) is 28.0. The van der Waals surface area contributed by atoms with Gasteiger partial charge in [-0.25, -0.2) is 0 Å². The molecule has 0 radical (unpaired) electrons. The molecule has 0 heterocycles. The van der Waals surface area contributed by atoms with Crippen LogP contribution in [0, 0.1) is 58.2 Å². The maximum Gasteiger partial charge on any atom is 0.307 e. The summed E-state index contributed by atoms with van der Waals surface area (Å²) in [7, 11) is 1.39. The van der Waals surface area contributed by atoms with Crippen LogP contribution in [0.15, 0.2) is 0 Å². The second kappa shape index (κ2) is 11.4. The van der Waals surface area contributed by atoms with Crippen molar-refractivity contribution in [2.75, 3.05) is 13.7 Å². The summed E-state index contributed by atoms with van der Waals surface area (Å²) in [5.74, 6) is 6.72. The molecule has 4 rings (SSSR count). The van der Waals surface area contributed by atoms with E-state index in [0.29, 0.717) is 29.7 Å². The predicted octanol–water partition coefficient (Wildman–Crippen LogP) is 7.40. The second-order valence-corrected chi connectivity index (χ2v) is 13.9. The number of fused-ring (bicyclic) bond motifs is 5. The Kier molecular flexibility index (Phi) is 8.82. The van der Waals surface area contributed by atoms with Gasteiger partial charge in [0.15, 0.2) is 0 Å². The number of hydrogen-bond donors (Lipinski definition) is 1. The van der Waals surface area contributed by atoms with Gasteiger partial charge in [-0.1, -0.05) is 47.5 Å². The van der Waals surface area contributed by atoms with Crippen molar-refractivity contribution in [1.82, 2.24) is 5.32 Å². The fourth-order valence-electron chi connectivity index (χ4n) is 10.3. The summed E-state index contributed by atoms with van der Waals surface area (Å²) in [4.78, 5) is 23.7. The highest BCUT2D eigenvalue weighted by Gasteiger charge is 2.62. The third-order valence-corrected chi connectivity index (χ3v) is 12.5. The number of carbonyl (C=O) groups excluding carboxylic acids is 2. The molecule has 36 heavy (non-hydrogen) atoms. The number of ether oxygens (including phenoxy) is 1. The minimum Gasteiger partial charge on any atom is -0.469 e. The Labute approximate surface area is 221 Å². The van der Waals surface area contributed by atoms with Crippen LogP contribution in [0.2, 0.25) is 0 Å². The zero-order valence-corrected chi connectivity index (χ0v) is 24.2. The van der Waals surface area contributed by atoms with Crippen LogP contribution >= 0.6 is 0 Å². The lowest BCUT2D eigenvalue weighted by Gasteiger charge is -2.64. The first-order chi connectivity index (χ1) is 17.2. The van der Waals surface area contributed by atoms with Crippen molar-refractivity contribution >= 4 is 11.9 Å². The monoisotopic (exact) mass is 501 g/mol. The van der Waals surface area contributed by atoms with Crippen LogP contribution in [-0.4, -0.2) is 25.5 Å². The first-order valence-electron chi connectivity index (χ1n) is 15.5. The number of methoxy groups -OCH3 is 1. The number of nitrogens with one attached hydrogen (secondary N) is 1. The molecular formula is C32H55NO3. The van der Waals surface area contributed by atoms with Crippen LogP contribution in [0.4, 0.5) is 0 Å². The lowest BCUT2D eigenvalue weighted by atomic mass is 9.41. The number of carbonyl (C=O) groups is 2. The van der Waals surface area contributed by atoms with E-state index in [1.54, 1.807) is 0 Å². The summed E-state index contributed by atoms with van der Waals surface area (Å²) >= 11 is 0. The van der Waals surface area contributed by atoms with Gasteiger partial charge in [-0.15, -0.1) is 0 Å². The van der Waals surface area contributed by atoms with E-state index in [9.17, 15) is 9.59 Å². The van der Waals surface area contributed by atoms with Crippen LogP contribution in [0.25, 0.3) is 0 Å². The Morgan fingerprint density at radius 3 is 2.36 bits per heavy atom. The van der Waals surface area contributed by atoms with Crippen molar-refractivity contribution in [3.63, 3.8) is 0 Å². The fourth-order valence-corrected chi connectivity index (χ4v) is 10.3. The lowest BCUT2D eigenvalue weighted by Crippen LogP contribution is -2.56. The maximum atomic E-state index is 12.4. The number of hydrogen-bond acceptors (Lipinski definition) is 3. The minimum absolute atomic E-state index is 0.0779. The van der Waals surface area contributed by atoms with Crippen LogP contribution in [0.1, 0.15) is 118 Å². The zero-order chi connectivity index (χ0) is 26.1. The molecule has 10 unspecified atom stereocenters. The van der Waals surface area contributed by atoms with E-state index < -0.39 is 0 Å². The Bertz CT molecular complexity index is 781. The molecule has 4 fully saturated rings. The van der Waals surface area contributed by atoms with Gasteiger partial charge < -0.3 is 10.1 Å². The van der Waals surface area contributed by atoms with E-state index in [0.717, 1.165) is 47.8 Å². The van der Waals surface area contributed by atoms with Gasteiger partial charge in [0.1, 0.15) is 0 Å². The summed E-state index contributed by atoms with van der Waals surface area (Å²) < 4.78 is 4.67. The predicted molar refractivity (Wildman–Crippen MR) is 146 cm³/mol. The highest BCUT2D eigenvalue weighted by atomic mass is 16.5. The van der Waals surface area contributed by atoms with E-state index in [2.05, 4.69) is 44.7 Å². The topological polar surface area (TPSA) is 55.4 Å². The Hall–Kier alpha value is -1.06. The molecule has 4 heteroatoms. The van der Waals surface area contributed by atoms with Crippen molar-refractivity contribution in [3.8, 4) is 0 Å². The van der Waals surface area contributed by atoms with Crippen LogP contribution in [-0.2, 0) is 14.3 Å². The van der Waals surface area contributed by atoms with E-state index in [1.807, 2.05) is 0 Å². The van der Waals surface area contributed by atoms with Gasteiger partial charge in [-0.2, -0.15) is 0 Å². The van der Waals surface area contributed by atoms with E-state index in [4.69, 9.17) is 0 Å². The standard InChI is InChI=1S/C32H55NO3/c1-7-22-13-16-31(4)24(19-22)20-23(8-2)30-26-11-10-25(32(26,5)17-14-27(30)31)21(3)9-12-28(34)33-18-15-29(35)36-6/h21-27,30H,7-20H2,1-6H3,(H,33,34). The van der Waals surface area contributed by atoms with Crippen LogP contribution in [0.5, 0.6) is 0 Å². The van der Waals surface area contributed by atoms with Crippen molar-refractivity contribution < 1.29 is 14.3 Å². The summed E-state index contributed by atoms with van der Waals surface area (Å²) in [6.45, 7) is 13.0. The molecule has 0 aromatic rings. The number of amides is 1. The molecule has 4 aliphatic carbocycles. The van der Waals surface area contributed by atoms with Crippen LogP contribution < -0.4 is 5.32 Å². The highest BCUT2D eigenvalue weighted by Crippen LogP contribution is 2.70. The van der Waals surface area contributed by atoms with Crippen molar-refractivity contribution in [2.24, 2.45) is 58.2 Å². The molecule has 4 saturated carbocycles. The molecule has 1 amide bonds. The van der Waals surface area contributed by atoms with E-state index >= 15 is 0 Å². The van der Waals surface area contributed by atoms with E-state index in [-0.39, 0.29) is 18.3 Å². The second-order valence-electron chi connectivity index (χ2n) is 13.9. The van der Waals surface area contributed by atoms with Gasteiger partial charge >= 0.3 is 5.97 Å². The summed E-state index contributed by atoms with van der Waals surface area (Å²) in [6.07, 6.45) is 16.0. The molecule has 206 valence electrons. The maximum absolute atomic E-state index is 12.4. The van der Waals surface area contributed by atoms with Crippen molar-refractivity contribution in [1.29, 1.82) is 0 Å². The quantitative estimate of drug-likeness (QED) is 0.335. The van der Waals surface area contributed by atoms with Gasteiger partial charge in [0, 0.05) is 13.0 Å². The lowest BCUT2D eigenvalue weighted by molar-refractivity contribution is -0.148. The molecule has 0 spiro atoms. The third-order valence-electron chi connectivity index (χ3n) is 12.5. The molecule has 4 aliphatic rings. The number of esters is 1. The van der Waals surface area contributed by atoms with Gasteiger partial charge in [-0.05, 0) is 116 Å². The van der Waals surface area contributed by atoms with Gasteiger partial charge in [0.25, 0.3) is 0 Å². The molecule has 4 nitrogen and oxygen atoms in total.